The molecular weight excluding hydrogens is 1640 g/mol. The molecule has 0 bridgehead atoms. The van der Waals surface area contributed by atoms with Gasteiger partial charge in [0.05, 0.1) is 45.3 Å². The quantitative estimate of drug-likeness (QED) is 0.120. The van der Waals surface area contributed by atoms with Gasteiger partial charge in [0.25, 0.3) is 0 Å². The zero-order valence-corrected chi connectivity index (χ0v) is 72.3. The van der Waals surface area contributed by atoms with Crippen molar-refractivity contribution in [2.45, 2.75) is 69.3 Å². The Balaban J connectivity index is 0.000000140. The van der Waals surface area contributed by atoms with E-state index in [1.54, 1.807) is 12.1 Å². The molecular formula is C112H76BBrN8O2S2. The lowest BCUT2D eigenvalue weighted by Crippen LogP contribution is -2.41. The van der Waals surface area contributed by atoms with E-state index < -0.39 is 29.2 Å². The van der Waals surface area contributed by atoms with E-state index in [0.29, 0.717) is 46.1 Å². The number of hydrogen-bond acceptors (Lipinski definition) is 12. The Morgan fingerprint density at radius 3 is 0.937 bits per heavy atom. The first-order chi connectivity index (χ1) is 61.8. The zero-order chi connectivity index (χ0) is 85.3. The summed E-state index contributed by atoms with van der Waals surface area (Å²) in [4.78, 5) is 34.7. The highest BCUT2D eigenvalue weighted by Crippen LogP contribution is 2.66. The number of hydrogen-bond donors (Lipinski definition) is 0. The largest absolute Gasteiger partial charge is 0.495 e. The predicted molar refractivity (Wildman–Crippen MR) is 511 cm³/mol. The van der Waals surface area contributed by atoms with E-state index in [4.69, 9.17) is 44.5 Å². The van der Waals surface area contributed by atoms with E-state index in [2.05, 4.69) is 280 Å². The minimum Gasteiger partial charge on any atom is -0.399 e. The minimum absolute atomic E-state index is 0.459. The Morgan fingerprint density at radius 2 is 0.540 bits per heavy atom. The van der Waals surface area contributed by atoms with Crippen LogP contribution in [0.25, 0.3) is 124 Å². The topological polar surface area (TPSA) is 143 Å². The average molecular weight is 1720 g/mol. The molecule has 5 aliphatic rings. The van der Waals surface area contributed by atoms with Crippen molar-refractivity contribution in [2.75, 3.05) is 0 Å². The number of fused-ring (bicyclic) bond motifs is 18. The molecule has 2 atom stereocenters. The monoisotopic (exact) mass is 1720 g/mol. The van der Waals surface area contributed by atoms with E-state index in [1.807, 2.05) is 175 Å². The second-order valence-electron chi connectivity index (χ2n) is 32.8. The van der Waals surface area contributed by atoms with Crippen LogP contribution >= 0.6 is 39.5 Å². The van der Waals surface area contributed by atoms with Crippen molar-refractivity contribution < 1.29 is 9.31 Å². The van der Waals surface area contributed by atoms with Crippen LogP contribution in [-0.4, -0.2) is 48.2 Å². The summed E-state index contributed by atoms with van der Waals surface area (Å²) in [5, 5.41) is 17.9. The van der Waals surface area contributed by atoms with Crippen LogP contribution in [0.2, 0.25) is 0 Å². The first kappa shape index (κ1) is 78.9. The number of aromatic nitrogens is 6. The van der Waals surface area contributed by atoms with Crippen molar-refractivity contribution in [3.63, 3.8) is 0 Å². The summed E-state index contributed by atoms with van der Waals surface area (Å²) < 4.78 is 14.5. The van der Waals surface area contributed by atoms with Gasteiger partial charge in [-0.2, -0.15) is 10.5 Å². The number of halogens is 1. The summed E-state index contributed by atoms with van der Waals surface area (Å²) in [6.45, 7) is 8.49. The lowest BCUT2D eigenvalue weighted by atomic mass is 9.66. The second-order valence-corrected chi connectivity index (χ2v) is 35.8. The maximum atomic E-state index is 9.55. The smallest absolute Gasteiger partial charge is 0.399 e. The Hall–Kier alpha value is -14.3. The molecule has 14 heteroatoms. The van der Waals surface area contributed by atoms with E-state index in [-0.39, 0.29) is 0 Å². The van der Waals surface area contributed by atoms with Gasteiger partial charge in [-0.15, -0.1) is 0 Å². The second kappa shape index (κ2) is 32.4. The summed E-state index contributed by atoms with van der Waals surface area (Å²) >= 11 is 6.98. The van der Waals surface area contributed by atoms with Crippen LogP contribution in [0.5, 0.6) is 0 Å². The summed E-state index contributed by atoms with van der Waals surface area (Å²) in [7, 11) is -0.493. The SMILES string of the molecule is CC1(C)OB(c2cccc3c2-c2ccccc2C32c3ccccc3Sc3c(-c4ccc(-c5nc(-c6ccccc6)nc(-c6ccccc6)n5)cc4)cccc32)OC1(C)C.N#Cc1ccc(-c2cccc3c2-c2ccccc2C32c3ccccc3Sc3c(-c4ccc(-c5nc(-c6ccccc6)nc(-c6ccccc6)n5)cc4)cccc32)cc1.N#Cc1ccc(Br)cc1. The van der Waals surface area contributed by atoms with Gasteiger partial charge >= 0.3 is 7.12 Å². The molecule has 0 saturated carbocycles. The highest BCUT2D eigenvalue weighted by atomic mass is 79.9. The van der Waals surface area contributed by atoms with Crippen LogP contribution in [0.15, 0.2) is 412 Å². The fourth-order valence-corrected chi connectivity index (χ4v) is 21.5. The molecule has 1 fully saturated rings. The molecule has 23 rings (SSSR count). The third-order valence-corrected chi connectivity index (χ3v) is 28.1. The molecule has 1 saturated heterocycles. The third-order valence-electron chi connectivity index (χ3n) is 25.1. The summed E-state index contributed by atoms with van der Waals surface area (Å²) in [6.07, 6.45) is 0. The molecule has 598 valence electrons. The van der Waals surface area contributed by atoms with Gasteiger partial charge in [0.2, 0.25) is 0 Å². The minimum atomic E-state index is -0.550. The Morgan fingerprint density at radius 1 is 0.262 bits per heavy atom. The van der Waals surface area contributed by atoms with E-state index in [1.165, 1.54) is 103 Å². The molecule has 5 heterocycles. The van der Waals surface area contributed by atoms with Gasteiger partial charge < -0.3 is 9.31 Å². The van der Waals surface area contributed by atoms with Gasteiger partial charge in [0.1, 0.15) is 0 Å². The fraction of sp³-hybridized carbons (Fsp3) is 0.0714. The highest BCUT2D eigenvalue weighted by Gasteiger charge is 2.57. The Bertz CT molecular complexity index is 7250. The molecule has 10 nitrogen and oxygen atoms in total. The third kappa shape index (κ3) is 13.6. The lowest BCUT2D eigenvalue weighted by molar-refractivity contribution is 0.00578. The molecule has 0 radical (unpaired) electrons. The maximum Gasteiger partial charge on any atom is 0.495 e. The molecule has 126 heavy (non-hydrogen) atoms. The first-order valence-electron chi connectivity index (χ1n) is 42.0. The summed E-state index contributed by atoms with van der Waals surface area (Å²) in [6, 6.07) is 140. The number of rotatable bonds is 10. The van der Waals surface area contributed by atoms with Crippen LogP contribution in [0.4, 0.5) is 0 Å². The molecule has 0 N–H and O–H groups in total. The molecule has 0 amide bonds. The molecule has 16 aromatic carbocycles. The van der Waals surface area contributed by atoms with Crippen molar-refractivity contribution in [2.24, 2.45) is 0 Å². The van der Waals surface area contributed by atoms with E-state index in [9.17, 15) is 5.26 Å². The van der Waals surface area contributed by atoms with Gasteiger partial charge in [0, 0.05) is 57.4 Å². The Kier molecular flexibility index (Phi) is 20.3. The highest BCUT2D eigenvalue weighted by molar-refractivity contribution is 9.10. The number of benzene rings is 16. The van der Waals surface area contributed by atoms with Crippen molar-refractivity contribution in [1.82, 2.24) is 29.9 Å². The summed E-state index contributed by atoms with van der Waals surface area (Å²) in [5.41, 5.74) is 28.1. The first-order valence-corrected chi connectivity index (χ1v) is 44.4. The lowest BCUT2D eigenvalue weighted by Gasteiger charge is -2.40. The standard InChI is InChI=1S/C53H32N4S.C52H40BN3O2S.C7H4BrN/c54-33-34-25-27-35(28-26-34)40-18-11-22-45-48(40)42-17-7-8-20-43(42)53(45)44-21-9-10-24-47(44)58-49-41(19-12-23-46(49)53)36-29-31-39(32-30-36)52-56-50(37-13-3-1-4-14-37)55-51(57-52)38-15-5-2-6-16-38;1-50(2)51(3,4)58-53(57-50)43-27-16-25-41-45(43)38-21-11-12-23-39(38)52(41)40-24-13-14-28-44(40)59-46-37(22-15-26-42(46)52)33-29-31-36(32-30-33)49-55-47(34-17-7-5-8-18-34)54-48(56-49)35-19-9-6-10-20-35;8-7-3-1-6(5-9)2-4-7/h1-32H;5-32H,1-4H3;1-4H. The predicted octanol–water partition coefficient (Wildman–Crippen LogP) is 26.9. The van der Waals surface area contributed by atoms with Crippen molar-refractivity contribution >= 4 is 52.0 Å². The van der Waals surface area contributed by atoms with Crippen LogP contribution in [0, 0.1) is 22.7 Å². The normalized spacial score (nSPS) is 15.7. The van der Waals surface area contributed by atoms with Gasteiger partial charge in [-0.05, 0) is 182 Å². The van der Waals surface area contributed by atoms with Crippen LogP contribution in [-0.2, 0) is 20.1 Å². The van der Waals surface area contributed by atoms with Crippen molar-refractivity contribution in [3.8, 4) is 136 Å². The molecule has 2 spiro atoms. The number of nitrogens with zero attached hydrogens (tertiary/aromatic N) is 8. The molecule has 3 aliphatic heterocycles. The average Bonchev–Trinajstić information content (AvgIpc) is 1.50. The van der Waals surface area contributed by atoms with E-state index >= 15 is 0 Å². The summed E-state index contributed by atoms with van der Waals surface area (Å²) in [5.74, 6) is 3.85. The number of nitriles is 2. The maximum absolute atomic E-state index is 9.55. The van der Waals surface area contributed by atoms with Gasteiger partial charge in [0.15, 0.2) is 34.9 Å². The Labute approximate surface area is 749 Å². The van der Waals surface area contributed by atoms with Crippen molar-refractivity contribution in [1.29, 1.82) is 10.5 Å². The molecule has 2 aromatic heterocycles. The molecule has 2 aliphatic carbocycles. The van der Waals surface area contributed by atoms with Gasteiger partial charge in [-0.1, -0.05) is 379 Å². The van der Waals surface area contributed by atoms with Gasteiger partial charge in [-0.3, -0.25) is 0 Å². The van der Waals surface area contributed by atoms with Crippen LogP contribution < -0.4 is 5.46 Å². The zero-order valence-electron chi connectivity index (χ0n) is 69.1. The van der Waals surface area contributed by atoms with Crippen molar-refractivity contribution in [3.05, 3.63) is 448 Å². The molecule has 18 aromatic rings. The molecule has 2 unspecified atom stereocenters. The van der Waals surface area contributed by atoms with Crippen LogP contribution in [0.3, 0.4) is 0 Å². The van der Waals surface area contributed by atoms with Crippen LogP contribution in [0.1, 0.15) is 83.3 Å². The van der Waals surface area contributed by atoms with E-state index in [0.717, 1.165) is 60.0 Å². The fourth-order valence-electron chi connectivity index (χ4n) is 18.6. The van der Waals surface area contributed by atoms with Gasteiger partial charge in [-0.25, -0.2) is 29.9 Å².